The van der Waals surface area contributed by atoms with Gasteiger partial charge in [0.2, 0.25) is 17.8 Å². The van der Waals surface area contributed by atoms with Gasteiger partial charge in [0, 0.05) is 43.1 Å². The molecule has 4 N–H and O–H groups in total. The lowest BCUT2D eigenvalue weighted by molar-refractivity contribution is -0.132. The maximum absolute atomic E-state index is 14.2. The van der Waals surface area contributed by atoms with Gasteiger partial charge in [-0.3, -0.25) is 9.59 Å². The van der Waals surface area contributed by atoms with Crippen molar-refractivity contribution < 1.29 is 14.0 Å². The van der Waals surface area contributed by atoms with E-state index in [0.29, 0.717) is 36.2 Å². The van der Waals surface area contributed by atoms with Crippen LogP contribution in [0.2, 0.25) is 0 Å². The summed E-state index contributed by atoms with van der Waals surface area (Å²) >= 11 is 0. The molecule has 2 heterocycles. The highest BCUT2D eigenvalue weighted by Crippen LogP contribution is 2.28. The smallest absolute Gasteiger partial charge is 0.246 e. The molecule has 0 unspecified atom stereocenters. The second-order valence-electron chi connectivity index (χ2n) is 8.37. The number of carbonyl (C=O) groups is 2. The number of amides is 2. The number of benzene rings is 1. The number of aromatic nitrogens is 2. The van der Waals surface area contributed by atoms with Gasteiger partial charge in [0.15, 0.2) is 11.6 Å². The van der Waals surface area contributed by atoms with E-state index in [1.54, 1.807) is 0 Å². The number of likely N-dealkylation sites (N-methyl/N-ethyl adjacent to an activating group) is 1. The van der Waals surface area contributed by atoms with E-state index in [9.17, 15) is 14.0 Å². The molecule has 0 radical (unpaired) electrons. The van der Waals surface area contributed by atoms with Crippen molar-refractivity contribution in [1.29, 1.82) is 0 Å². The fourth-order valence-corrected chi connectivity index (χ4v) is 3.99. The number of nitrogens with one attached hydrogen (secondary N) is 2. The van der Waals surface area contributed by atoms with E-state index in [2.05, 4.69) is 32.5 Å². The molecular weight excluding hydrogens is 425 g/mol. The lowest BCUT2D eigenvalue weighted by atomic mass is 10.1. The van der Waals surface area contributed by atoms with Crippen LogP contribution in [0, 0.1) is 5.82 Å². The third-order valence-electron chi connectivity index (χ3n) is 5.95. The third kappa shape index (κ3) is 5.64. The third-order valence-corrected chi connectivity index (χ3v) is 5.95. The quantitative estimate of drug-likeness (QED) is 0.587. The van der Waals surface area contributed by atoms with Crippen molar-refractivity contribution in [2.45, 2.75) is 25.7 Å². The van der Waals surface area contributed by atoms with Gasteiger partial charge in [-0.2, -0.15) is 4.98 Å². The van der Waals surface area contributed by atoms with Crippen molar-refractivity contribution in [3.8, 4) is 0 Å². The number of hydrogen-bond acceptors (Lipinski definition) is 7. The molecule has 1 aromatic carbocycles. The second-order valence-corrected chi connectivity index (χ2v) is 8.37. The molecule has 2 amide bonds. The molecule has 2 aromatic rings. The first-order chi connectivity index (χ1) is 15.9. The van der Waals surface area contributed by atoms with Crippen LogP contribution >= 0.6 is 0 Å². The number of carbonyl (C=O) groups excluding carboxylic acids is 2. The Morgan fingerprint density at radius 1 is 1.09 bits per heavy atom. The van der Waals surface area contributed by atoms with Gasteiger partial charge in [0.25, 0.3) is 0 Å². The highest BCUT2D eigenvalue weighted by molar-refractivity contribution is 5.93. The molecule has 9 nitrogen and oxygen atoms in total. The largest absolute Gasteiger partial charge is 0.366 e. The van der Waals surface area contributed by atoms with Crippen LogP contribution in [0.4, 0.5) is 21.8 Å². The van der Waals surface area contributed by atoms with Crippen LogP contribution in [-0.2, 0) is 16.0 Å². The van der Waals surface area contributed by atoms with Crippen molar-refractivity contribution in [3.05, 3.63) is 53.1 Å². The molecule has 1 saturated heterocycles. The zero-order valence-electron chi connectivity index (χ0n) is 18.6. The molecule has 1 fully saturated rings. The first-order valence-electron chi connectivity index (χ1n) is 11.0. The zero-order chi connectivity index (χ0) is 23.4. The van der Waals surface area contributed by atoms with E-state index in [1.165, 1.54) is 0 Å². The standard InChI is InChI=1S/C23H28FN7O2/c1-30-9-11-31(12-10-30)20(32)13-15-5-7-16(8-6-15)27-23-26-14-18(24)22(29-23)28-19-4-2-3-17(19)21(25)33/h5-8,14H,2-4,9-13H2,1H3,(H2,25,33)(H2,26,27,28,29). The van der Waals surface area contributed by atoms with Crippen LogP contribution in [0.15, 0.2) is 41.7 Å². The van der Waals surface area contributed by atoms with Crippen LogP contribution in [0.5, 0.6) is 0 Å². The van der Waals surface area contributed by atoms with Crippen LogP contribution in [0.1, 0.15) is 24.8 Å². The molecule has 2 aliphatic rings. The predicted octanol–water partition coefficient (Wildman–Crippen LogP) is 2.01. The number of anilines is 3. The number of nitrogens with zero attached hydrogens (tertiary/aromatic N) is 4. The van der Waals surface area contributed by atoms with Crippen LogP contribution in [0.3, 0.4) is 0 Å². The monoisotopic (exact) mass is 453 g/mol. The molecule has 1 aromatic heterocycles. The molecule has 33 heavy (non-hydrogen) atoms. The van der Waals surface area contributed by atoms with Crippen LogP contribution < -0.4 is 16.4 Å². The summed E-state index contributed by atoms with van der Waals surface area (Å²) in [5.74, 6) is -0.814. The van der Waals surface area contributed by atoms with Gasteiger partial charge in [-0.15, -0.1) is 0 Å². The van der Waals surface area contributed by atoms with Gasteiger partial charge in [-0.1, -0.05) is 12.1 Å². The fraction of sp³-hybridized carbons (Fsp3) is 0.391. The minimum absolute atomic E-state index is 0.0162. The second kappa shape index (κ2) is 9.95. The summed E-state index contributed by atoms with van der Waals surface area (Å²) in [6, 6.07) is 7.41. The summed E-state index contributed by atoms with van der Waals surface area (Å²) in [6.45, 7) is 3.30. The average Bonchev–Trinajstić information content (AvgIpc) is 3.26. The van der Waals surface area contributed by atoms with E-state index in [1.807, 2.05) is 29.2 Å². The Labute approximate surface area is 191 Å². The lowest BCUT2D eigenvalue weighted by Gasteiger charge is -2.32. The summed E-state index contributed by atoms with van der Waals surface area (Å²) < 4.78 is 14.2. The van der Waals surface area contributed by atoms with Crippen LogP contribution in [-0.4, -0.2) is 64.8 Å². The minimum atomic E-state index is -0.624. The van der Waals surface area contributed by atoms with Gasteiger partial charge in [-0.25, -0.2) is 9.37 Å². The van der Waals surface area contributed by atoms with E-state index in [-0.39, 0.29) is 17.7 Å². The molecule has 174 valence electrons. The maximum atomic E-state index is 14.2. The molecule has 10 heteroatoms. The Hall–Kier alpha value is -3.53. The molecule has 0 atom stereocenters. The van der Waals surface area contributed by atoms with Gasteiger partial charge in [-0.05, 0) is 44.0 Å². The average molecular weight is 454 g/mol. The number of allylic oxidation sites excluding steroid dienone is 1. The molecule has 4 rings (SSSR count). The first-order valence-corrected chi connectivity index (χ1v) is 11.0. The van der Waals surface area contributed by atoms with Crippen molar-refractivity contribution in [1.82, 2.24) is 19.8 Å². The number of halogens is 1. The summed E-state index contributed by atoms with van der Waals surface area (Å²) in [4.78, 5) is 36.4. The fourth-order valence-electron chi connectivity index (χ4n) is 3.99. The van der Waals surface area contributed by atoms with Gasteiger partial charge in [0.1, 0.15) is 0 Å². The minimum Gasteiger partial charge on any atom is -0.366 e. The Bertz CT molecular complexity index is 1060. The molecule has 0 spiro atoms. The number of primary amides is 1. The molecule has 1 aliphatic carbocycles. The molecule has 0 bridgehead atoms. The summed E-state index contributed by atoms with van der Waals surface area (Å²) in [6.07, 6.45) is 3.38. The van der Waals surface area contributed by atoms with Crippen molar-refractivity contribution in [2.24, 2.45) is 5.73 Å². The van der Waals surface area contributed by atoms with Crippen molar-refractivity contribution in [3.63, 3.8) is 0 Å². The molecule has 0 saturated carbocycles. The summed E-state index contributed by atoms with van der Waals surface area (Å²) in [5.41, 5.74) is 8.10. The summed E-state index contributed by atoms with van der Waals surface area (Å²) in [5, 5.41) is 5.94. The molecular formula is C23H28FN7O2. The van der Waals surface area contributed by atoms with Crippen molar-refractivity contribution in [2.75, 3.05) is 43.9 Å². The van der Waals surface area contributed by atoms with E-state index < -0.39 is 11.7 Å². The Morgan fingerprint density at radius 2 is 1.82 bits per heavy atom. The lowest BCUT2D eigenvalue weighted by Crippen LogP contribution is -2.47. The zero-order valence-corrected chi connectivity index (χ0v) is 18.6. The highest BCUT2D eigenvalue weighted by Gasteiger charge is 2.21. The number of piperazine rings is 1. The van der Waals surface area contributed by atoms with Gasteiger partial charge in [0.05, 0.1) is 12.6 Å². The predicted molar refractivity (Wildman–Crippen MR) is 123 cm³/mol. The van der Waals surface area contributed by atoms with Gasteiger partial charge >= 0.3 is 0 Å². The Balaban J connectivity index is 1.39. The van der Waals surface area contributed by atoms with Gasteiger partial charge < -0.3 is 26.2 Å². The summed E-state index contributed by atoms with van der Waals surface area (Å²) in [7, 11) is 2.06. The number of nitrogens with two attached hydrogens (primary N) is 1. The Morgan fingerprint density at radius 3 is 2.52 bits per heavy atom. The van der Waals surface area contributed by atoms with E-state index in [4.69, 9.17) is 5.73 Å². The first kappa shape index (κ1) is 22.7. The number of hydrogen-bond donors (Lipinski definition) is 3. The molecule has 1 aliphatic heterocycles. The normalized spacial score (nSPS) is 16.7. The maximum Gasteiger partial charge on any atom is 0.246 e. The van der Waals surface area contributed by atoms with Crippen LogP contribution in [0.25, 0.3) is 0 Å². The number of rotatable bonds is 7. The SMILES string of the molecule is CN1CCN(C(=O)Cc2ccc(Nc3ncc(F)c(NC4=C(C(N)=O)CCC4)n3)cc2)CC1. The van der Waals surface area contributed by atoms with E-state index in [0.717, 1.165) is 44.4 Å². The highest BCUT2D eigenvalue weighted by atomic mass is 19.1. The van der Waals surface area contributed by atoms with Crippen molar-refractivity contribution >= 4 is 29.3 Å². The van der Waals surface area contributed by atoms with E-state index >= 15 is 0 Å². The topological polar surface area (TPSA) is 116 Å². The Kier molecular flexibility index (Phi) is 6.83.